The quantitative estimate of drug-likeness (QED) is 0.0391. The summed E-state index contributed by atoms with van der Waals surface area (Å²) >= 11 is 0. The van der Waals surface area contributed by atoms with E-state index in [1.165, 1.54) is 58.2 Å². The molecule has 0 saturated carbocycles. The van der Waals surface area contributed by atoms with Crippen LogP contribution in [0.4, 0.5) is 4.39 Å². The molecule has 5 aromatic heterocycles. The van der Waals surface area contributed by atoms with Crippen LogP contribution in [0.2, 0.25) is 0 Å². The summed E-state index contributed by atoms with van der Waals surface area (Å²) in [5, 5.41) is 12.1. The van der Waals surface area contributed by atoms with Crippen molar-refractivity contribution in [2.24, 2.45) is 7.05 Å². The second-order valence-electron chi connectivity index (χ2n) is 18.0. The van der Waals surface area contributed by atoms with Crippen LogP contribution in [0, 0.1) is 33.6 Å². The van der Waals surface area contributed by atoms with Gasteiger partial charge < -0.3 is 67.4 Å². The number of carbonyl (C=O) groups excluding carboxylic acids is 3. The Morgan fingerprint density at radius 1 is 0.698 bits per heavy atom. The van der Waals surface area contributed by atoms with Gasteiger partial charge in [0.2, 0.25) is 11.5 Å². The van der Waals surface area contributed by atoms with Gasteiger partial charge in [-0.1, -0.05) is 6.07 Å². The summed E-state index contributed by atoms with van der Waals surface area (Å²) in [7, 11) is 11.1. The maximum absolute atomic E-state index is 12.1. The molecule has 5 heterocycles. The first-order valence-corrected chi connectivity index (χ1v) is 28.3. The summed E-state index contributed by atoms with van der Waals surface area (Å²) in [4.78, 5) is 69.6. The number of esters is 3. The Balaban J connectivity index is -0.000000916. The molecule has 0 amide bonds. The number of hydrogen-bond donors (Lipinski definition) is 4. The van der Waals surface area contributed by atoms with Crippen molar-refractivity contribution in [2.45, 2.75) is 104 Å². The summed E-state index contributed by atoms with van der Waals surface area (Å²) in [6, 6.07) is 18.0. The maximum Gasteiger partial charge on any atom is 0.358 e. The zero-order chi connectivity index (χ0) is 66.2. The molecule has 4 N–H and O–H groups in total. The molecule has 86 heavy (non-hydrogen) atoms. The van der Waals surface area contributed by atoms with E-state index >= 15 is 0 Å². The van der Waals surface area contributed by atoms with Gasteiger partial charge in [0.05, 0.1) is 69.5 Å². The number of H-pyrrole nitrogens is 3. The van der Waals surface area contributed by atoms with Gasteiger partial charge in [-0.05, 0) is 128 Å². The number of methoxy groups -OCH3 is 8. The fraction of sp³-hybridized carbons (Fsp3) is 0.492. The lowest BCUT2D eigenvalue weighted by Gasteiger charge is -2.08. The number of benzene rings is 1. The average molecular weight is 1240 g/mol. The normalized spacial score (nSPS) is 11.7. The molecule has 5 atom stereocenters. The SMILES string of the molecule is COC(=O)[C@@H](C)OC.COC(C)CCOC(=O)c1cnc(C)[nH]1.COC[C@@H](C)OC.CO[C@H](C)CO.CO[C@H](C)COC(=O)c1ccn(C)n1.COc1ccc(S(C)(=O)=O)cc1.Cc1cc[nH]c(=O)c1.Cc1ccc[nH]c1=O.Cc1ccnc(F)c1. The van der Waals surface area contributed by atoms with Crippen molar-refractivity contribution in [1.29, 1.82) is 0 Å². The minimum Gasteiger partial charge on any atom is -0.497 e. The van der Waals surface area contributed by atoms with Crippen LogP contribution in [0.1, 0.15) is 84.5 Å². The lowest BCUT2D eigenvalue weighted by molar-refractivity contribution is -0.151. The van der Waals surface area contributed by atoms with E-state index in [2.05, 4.69) is 44.2 Å². The highest BCUT2D eigenvalue weighted by atomic mass is 32.2. The third kappa shape index (κ3) is 44.0. The predicted octanol–water partition coefficient (Wildman–Crippen LogP) is 6.78. The molecular weight excluding hydrogens is 1150 g/mol. The second-order valence-corrected chi connectivity index (χ2v) is 20.0. The fourth-order valence-electron chi connectivity index (χ4n) is 4.92. The number of aromatic nitrogens is 7. The van der Waals surface area contributed by atoms with Crippen LogP contribution < -0.4 is 15.9 Å². The van der Waals surface area contributed by atoms with Crippen molar-refractivity contribution in [3.05, 3.63) is 158 Å². The number of hydrogen-bond acceptors (Lipinski definition) is 21. The number of imidazole rings is 1. The molecular formula is C59H92FN7O18S. The van der Waals surface area contributed by atoms with Crippen molar-refractivity contribution >= 4 is 27.7 Å². The van der Waals surface area contributed by atoms with Gasteiger partial charge in [0.15, 0.2) is 21.6 Å². The lowest BCUT2D eigenvalue weighted by atomic mass is 10.3. The Labute approximate surface area is 505 Å². The minimum atomic E-state index is -3.08. The number of carbonyl (C=O) groups is 3. The topological polar surface area (TPSA) is 323 Å². The van der Waals surface area contributed by atoms with E-state index in [9.17, 15) is 36.8 Å². The molecule has 484 valence electrons. The van der Waals surface area contributed by atoms with Gasteiger partial charge >= 0.3 is 17.9 Å². The first-order valence-electron chi connectivity index (χ1n) is 26.4. The van der Waals surface area contributed by atoms with E-state index in [1.54, 1.807) is 136 Å². The number of aliphatic hydroxyl groups excluding tert-OH is 1. The van der Waals surface area contributed by atoms with E-state index in [-0.39, 0.29) is 60.7 Å². The Kier molecular flexibility index (Phi) is 47.8. The zero-order valence-corrected chi connectivity index (χ0v) is 53.9. The number of aryl methyl sites for hydroxylation is 5. The Morgan fingerprint density at radius 2 is 1.29 bits per heavy atom. The first kappa shape index (κ1) is 82.7. The smallest absolute Gasteiger partial charge is 0.358 e. The van der Waals surface area contributed by atoms with Crippen molar-refractivity contribution < 1.29 is 79.7 Å². The van der Waals surface area contributed by atoms with Gasteiger partial charge in [0.25, 0.3) is 5.56 Å². The molecule has 1 unspecified atom stereocenters. The van der Waals surface area contributed by atoms with Gasteiger partial charge in [0, 0.05) is 98.8 Å². The molecule has 27 heteroatoms. The molecule has 0 aliphatic heterocycles. The van der Waals surface area contributed by atoms with Crippen LogP contribution in [0.3, 0.4) is 0 Å². The van der Waals surface area contributed by atoms with E-state index in [4.69, 9.17) is 38.3 Å². The zero-order valence-electron chi connectivity index (χ0n) is 53.1. The molecule has 6 rings (SSSR count). The number of aromatic amines is 3. The summed E-state index contributed by atoms with van der Waals surface area (Å²) in [6.07, 6.45) is 9.51. The Bertz CT molecular complexity index is 2920. The van der Waals surface area contributed by atoms with Crippen LogP contribution in [0.25, 0.3) is 0 Å². The van der Waals surface area contributed by atoms with Gasteiger partial charge in [-0.3, -0.25) is 14.3 Å². The van der Waals surface area contributed by atoms with Crippen LogP contribution in [-0.2, 0) is 64.3 Å². The lowest BCUT2D eigenvalue weighted by Crippen LogP contribution is -2.19. The summed E-state index contributed by atoms with van der Waals surface area (Å²) in [5.41, 5.74) is 3.31. The van der Waals surface area contributed by atoms with Gasteiger partial charge in [-0.15, -0.1) is 0 Å². The van der Waals surface area contributed by atoms with Crippen molar-refractivity contribution in [3.63, 3.8) is 0 Å². The number of nitrogens with zero attached hydrogens (tertiary/aromatic N) is 4. The van der Waals surface area contributed by atoms with E-state index in [0.717, 1.165) is 16.7 Å². The average Bonchev–Trinajstić information content (AvgIpc) is 4.28. The monoisotopic (exact) mass is 1240 g/mol. The first-order chi connectivity index (χ1) is 40.5. The van der Waals surface area contributed by atoms with Crippen molar-refractivity contribution in [2.75, 3.05) is 89.6 Å². The van der Waals surface area contributed by atoms with Crippen molar-refractivity contribution in [1.82, 2.24) is 34.7 Å². The van der Waals surface area contributed by atoms with E-state index in [0.29, 0.717) is 47.5 Å². The third-order valence-corrected chi connectivity index (χ3v) is 11.7. The number of aliphatic hydroxyl groups is 1. The van der Waals surface area contributed by atoms with E-state index < -0.39 is 27.9 Å². The van der Waals surface area contributed by atoms with Gasteiger partial charge in [0.1, 0.15) is 23.9 Å². The van der Waals surface area contributed by atoms with Crippen LogP contribution in [-0.4, -0.2) is 186 Å². The summed E-state index contributed by atoms with van der Waals surface area (Å²) in [5.74, 6) is -0.194. The van der Waals surface area contributed by atoms with Gasteiger partial charge in [-0.2, -0.15) is 9.49 Å². The highest BCUT2D eigenvalue weighted by Gasteiger charge is 2.13. The number of halogens is 1. The van der Waals surface area contributed by atoms with E-state index in [1.807, 2.05) is 40.7 Å². The largest absolute Gasteiger partial charge is 0.497 e. The molecule has 0 aliphatic carbocycles. The minimum absolute atomic E-state index is 0.00694. The Hall–Kier alpha value is -7.50. The number of rotatable bonds is 18. The fourth-order valence-corrected chi connectivity index (χ4v) is 5.55. The molecule has 25 nitrogen and oxygen atoms in total. The standard InChI is InChI=1S/C10H16N2O3.C9H14N2O3.C8H10O3S.C6H6FN.2C6H7NO.C5H10O3.C5H12O2.C4H10O2/c1-7(14-3)4-5-15-10(13)9-6-11-8(2)12-9;1-7(13-3)6-14-9(12)8-4-5-11(2)10-8;1-11-7-3-5-8(6-4-7)12(2,9)10;1-5-2-3-8-6(7)4-5;1-5-2-3-7-6(8)4-5;1-5-3-2-4-7-6(5)8;1-4(7-2)5(6)8-3;1-5(7-3)4-6-2;1-4(3-5)6-2/h6-7H,4-5H2,1-3H3,(H,11,12);4-5,7H,6H2,1-3H3;3-6H,1-2H3;2-4H,1H3;2*2-4H,1H3,(H,7,8);4H,1-3H3;5H,4H2,1-3H3;4-5H,3H2,1-2H3/t;7-;;;;;4-;5-;4-/m.1....111/s1. The van der Waals surface area contributed by atoms with Crippen LogP contribution in [0.15, 0.2) is 112 Å². The number of nitrogens with one attached hydrogen (secondary N) is 3. The molecule has 0 bridgehead atoms. The molecule has 0 saturated heterocycles. The Morgan fingerprint density at radius 3 is 1.64 bits per heavy atom. The summed E-state index contributed by atoms with van der Waals surface area (Å²) < 4.78 is 83.7. The molecule has 1 aromatic carbocycles. The highest BCUT2D eigenvalue weighted by Crippen LogP contribution is 2.15. The molecule has 0 fully saturated rings. The van der Waals surface area contributed by atoms with Gasteiger partial charge in [-0.25, -0.2) is 32.8 Å². The van der Waals surface area contributed by atoms with Crippen LogP contribution in [0.5, 0.6) is 5.75 Å². The van der Waals surface area contributed by atoms with Crippen molar-refractivity contribution in [3.8, 4) is 5.75 Å². The molecule has 0 spiro atoms. The molecule has 6 aromatic rings. The third-order valence-electron chi connectivity index (χ3n) is 10.5. The number of pyridine rings is 3. The summed E-state index contributed by atoms with van der Waals surface area (Å²) in [6.45, 7) is 17.8. The van der Waals surface area contributed by atoms with Crippen LogP contribution >= 0.6 is 0 Å². The number of sulfone groups is 1. The molecule has 0 aliphatic rings. The number of ether oxygens (including phenoxy) is 10. The maximum atomic E-state index is 12.1. The molecule has 0 radical (unpaired) electrons. The second kappa shape index (κ2) is 49.7. The predicted molar refractivity (Wildman–Crippen MR) is 324 cm³/mol. The highest BCUT2D eigenvalue weighted by molar-refractivity contribution is 7.90.